The van der Waals surface area contributed by atoms with Crippen LogP contribution in [0.4, 0.5) is 0 Å². The van der Waals surface area contributed by atoms with Gasteiger partial charge in [0, 0.05) is 26.6 Å². The number of hydrogen-bond donors (Lipinski definition) is 0. The van der Waals surface area contributed by atoms with Gasteiger partial charge in [0.2, 0.25) is 0 Å². The molecular formula is C24H24Cl2O6. The molecule has 0 heterocycles. The van der Waals surface area contributed by atoms with Crippen molar-refractivity contribution in [2.24, 2.45) is 0 Å². The Morgan fingerprint density at radius 2 is 1.31 bits per heavy atom. The monoisotopic (exact) mass is 478 g/mol. The Morgan fingerprint density at radius 3 is 1.88 bits per heavy atom. The van der Waals surface area contributed by atoms with Crippen LogP contribution in [0.5, 0.6) is 11.5 Å². The lowest BCUT2D eigenvalue weighted by Crippen LogP contribution is -2.16. The SMILES string of the molecule is CCCOC(=O)COc1c2ccccc2c(OCC(=O)OCCC)c2c(Cl)cc(Cl)cc12. The van der Waals surface area contributed by atoms with Gasteiger partial charge >= 0.3 is 11.9 Å². The Balaban J connectivity index is 2.09. The number of benzene rings is 3. The van der Waals surface area contributed by atoms with Crippen molar-refractivity contribution in [3.05, 3.63) is 46.4 Å². The highest BCUT2D eigenvalue weighted by Crippen LogP contribution is 2.46. The van der Waals surface area contributed by atoms with E-state index in [0.29, 0.717) is 62.7 Å². The molecule has 0 N–H and O–H groups in total. The standard InChI is InChI=1S/C24H24Cl2O6/c1-3-9-29-20(27)13-31-23-16-7-5-6-8-17(16)24(32-14-21(28)30-10-4-2)22-18(23)11-15(25)12-19(22)26/h5-8,11-12H,3-4,9-10,13-14H2,1-2H3. The highest BCUT2D eigenvalue weighted by atomic mass is 35.5. The minimum Gasteiger partial charge on any atom is -0.481 e. The first-order valence-electron chi connectivity index (χ1n) is 10.4. The van der Waals surface area contributed by atoms with Gasteiger partial charge in [0.1, 0.15) is 11.5 Å². The van der Waals surface area contributed by atoms with Crippen molar-refractivity contribution < 1.29 is 28.5 Å². The van der Waals surface area contributed by atoms with E-state index in [4.69, 9.17) is 42.1 Å². The molecule has 0 aromatic heterocycles. The van der Waals surface area contributed by atoms with Gasteiger partial charge in [-0.05, 0) is 25.0 Å². The van der Waals surface area contributed by atoms with Crippen molar-refractivity contribution in [1.29, 1.82) is 0 Å². The molecule has 0 aliphatic carbocycles. The van der Waals surface area contributed by atoms with Crippen molar-refractivity contribution in [1.82, 2.24) is 0 Å². The summed E-state index contributed by atoms with van der Waals surface area (Å²) in [5.74, 6) is -0.120. The Labute approximate surface area is 196 Å². The van der Waals surface area contributed by atoms with Crippen LogP contribution in [0, 0.1) is 0 Å². The van der Waals surface area contributed by atoms with Gasteiger partial charge in [-0.25, -0.2) is 9.59 Å². The Kier molecular flexibility index (Phi) is 8.42. The zero-order valence-electron chi connectivity index (χ0n) is 17.9. The molecule has 0 saturated carbocycles. The highest BCUT2D eigenvalue weighted by molar-refractivity contribution is 6.40. The van der Waals surface area contributed by atoms with Crippen LogP contribution in [0.3, 0.4) is 0 Å². The summed E-state index contributed by atoms with van der Waals surface area (Å²) in [6, 6.07) is 10.6. The van der Waals surface area contributed by atoms with E-state index >= 15 is 0 Å². The molecule has 0 aliphatic heterocycles. The molecule has 0 spiro atoms. The van der Waals surface area contributed by atoms with Crippen LogP contribution in [0.15, 0.2) is 36.4 Å². The van der Waals surface area contributed by atoms with E-state index in [0.717, 1.165) is 6.42 Å². The van der Waals surface area contributed by atoms with Crippen LogP contribution in [0.2, 0.25) is 10.0 Å². The number of carbonyl (C=O) groups excluding carboxylic acids is 2. The normalized spacial score (nSPS) is 10.9. The quantitative estimate of drug-likeness (QED) is 0.264. The molecule has 6 nitrogen and oxygen atoms in total. The third kappa shape index (κ3) is 5.56. The van der Waals surface area contributed by atoms with Gasteiger partial charge in [-0.15, -0.1) is 0 Å². The predicted octanol–water partition coefficient (Wildman–Crippen LogP) is 5.96. The van der Waals surface area contributed by atoms with E-state index in [1.165, 1.54) is 0 Å². The number of fused-ring (bicyclic) bond motifs is 2. The first kappa shape index (κ1) is 24.0. The summed E-state index contributed by atoms with van der Waals surface area (Å²) in [6.07, 6.45) is 1.43. The van der Waals surface area contributed by atoms with Crippen molar-refractivity contribution in [3.8, 4) is 11.5 Å². The van der Waals surface area contributed by atoms with E-state index < -0.39 is 11.9 Å². The largest absolute Gasteiger partial charge is 0.481 e. The number of ether oxygens (including phenoxy) is 4. The summed E-state index contributed by atoms with van der Waals surface area (Å²) in [6.45, 7) is 3.92. The average Bonchev–Trinajstić information content (AvgIpc) is 2.78. The third-order valence-electron chi connectivity index (χ3n) is 4.55. The van der Waals surface area contributed by atoms with Crippen LogP contribution < -0.4 is 9.47 Å². The van der Waals surface area contributed by atoms with Gasteiger partial charge in [0.15, 0.2) is 13.2 Å². The molecule has 170 valence electrons. The molecule has 0 aliphatic rings. The molecule has 32 heavy (non-hydrogen) atoms. The molecule has 3 rings (SSSR count). The van der Waals surface area contributed by atoms with Gasteiger partial charge in [-0.1, -0.05) is 61.3 Å². The maximum Gasteiger partial charge on any atom is 0.344 e. The van der Waals surface area contributed by atoms with Crippen LogP contribution in [-0.2, 0) is 19.1 Å². The van der Waals surface area contributed by atoms with Gasteiger partial charge < -0.3 is 18.9 Å². The van der Waals surface area contributed by atoms with Crippen LogP contribution in [0.1, 0.15) is 26.7 Å². The molecule has 0 amide bonds. The second kappa shape index (κ2) is 11.2. The maximum absolute atomic E-state index is 12.0. The lowest BCUT2D eigenvalue weighted by atomic mass is 10.0. The van der Waals surface area contributed by atoms with Crippen molar-refractivity contribution in [3.63, 3.8) is 0 Å². The molecule has 3 aromatic carbocycles. The summed E-state index contributed by atoms with van der Waals surface area (Å²) in [4.78, 5) is 24.1. The number of carbonyl (C=O) groups is 2. The topological polar surface area (TPSA) is 71.1 Å². The smallest absolute Gasteiger partial charge is 0.344 e. The zero-order chi connectivity index (χ0) is 23.1. The molecule has 3 aromatic rings. The average molecular weight is 479 g/mol. The van der Waals surface area contributed by atoms with E-state index in [2.05, 4.69) is 0 Å². The molecule has 8 heteroatoms. The van der Waals surface area contributed by atoms with Crippen molar-refractivity contribution in [2.75, 3.05) is 26.4 Å². The summed E-state index contributed by atoms with van der Waals surface area (Å²) in [5.41, 5.74) is 0. The lowest BCUT2D eigenvalue weighted by Gasteiger charge is -2.18. The maximum atomic E-state index is 12.0. The first-order chi connectivity index (χ1) is 15.5. The molecule has 0 unspecified atom stereocenters. The second-order valence-corrected chi connectivity index (χ2v) is 7.88. The summed E-state index contributed by atoms with van der Waals surface area (Å²) in [7, 11) is 0. The van der Waals surface area contributed by atoms with Gasteiger partial charge in [0.05, 0.1) is 18.2 Å². The van der Waals surface area contributed by atoms with E-state index in [9.17, 15) is 9.59 Å². The van der Waals surface area contributed by atoms with Crippen LogP contribution in [-0.4, -0.2) is 38.4 Å². The first-order valence-corrected chi connectivity index (χ1v) is 11.1. The van der Waals surface area contributed by atoms with Crippen molar-refractivity contribution >= 4 is 56.7 Å². The van der Waals surface area contributed by atoms with Crippen LogP contribution in [0.25, 0.3) is 21.5 Å². The minimum atomic E-state index is -0.479. The number of esters is 2. The lowest BCUT2D eigenvalue weighted by molar-refractivity contribution is -0.146. The van der Waals surface area contributed by atoms with E-state index in [1.54, 1.807) is 12.1 Å². The fraction of sp³-hybridized carbons (Fsp3) is 0.333. The molecule has 0 radical (unpaired) electrons. The summed E-state index contributed by atoms with van der Waals surface area (Å²) < 4.78 is 22.0. The summed E-state index contributed by atoms with van der Waals surface area (Å²) in [5, 5.41) is 3.15. The van der Waals surface area contributed by atoms with Crippen LogP contribution >= 0.6 is 23.2 Å². The molecule has 0 atom stereocenters. The van der Waals surface area contributed by atoms with E-state index in [-0.39, 0.29) is 13.2 Å². The Morgan fingerprint density at radius 1 is 0.781 bits per heavy atom. The van der Waals surface area contributed by atoms with Gasteiger partial charge in [-0.2, -0.15) is 0 Å². The summed E-state index contributed by atoms with van der Waals surface area (Å²) >= 11 is 12.8. The number of rotatable bonds is 10. The molecule has 0 saturated heterocycles. The van der Waals surface area contributed by atoms with Crippen molar-refractivity contribution in [2.45, 2.75) is 26.7 Å². The Hall–Kier alpha value is -2.70. The Bertz CT molecular complexity index is 1130. The van der Waals surface area contributed by atoms with Gasteiger partial charge in [0.25, 0.3) is 0 Å². The fourth-order valence-corrected chi connectivity index (χ4v) is 3.80. The number of hydrogen-bond acceptors (Lipinski definition) is 6. The van der Waals surface area contributed by atoms with E-state index in [1.807, 2.05) is 38.1 Å². The highest BCUT2D eigenvalue weighted by Gasteiger charge is 2.21. The van der Waals surface area contributed by atoms with Gasteiger partial charge in [-0.3, -0.25) is 0 Å². The molecule has 0 fully saturated rings. The minimum absolute atomic E-state index is 0.271. The second-order valence-electron chi connectivity index (χ2n) is 7.03. The molecule has 0 bridgehead atoms. The predicted molar refractivity (Wildman–Crippen MR) is 125 cm³/mol. The molecular weight excluding hydrogens is 455 g/mol. The third-order valence-corrected chi connectivity index (χ3v) is 5.06. The fourth-order valence-electron chi connectivity index (χ4n) is 3.23. The number of halogens is 2. The zero-order valence-corrected chi connectivity index (χ0v) is 19.4.